The van der Waals surface area contributed by atoms with Gasteiger partial charge < -0.3 is 9.47 Å². The van der Waals surface area contributed by atoms with Crippen LogP contribution in [0.5, 0.6) is 17.2 Å². The van der Waals surface area contributed by atoms with Crippen LogP contribution in [-0.2, 0) is 13.0 Å². The first kappa shape index (κ1) is 18.5. The molecule has 0 aliphatic rings. The largest absolute Gasteiger partial charge is 0.482 e. The molecular weight excluding hydrogens is 342 g/mol. The molecule has 0 amide bonds. The van der Waals surface area contributed by atoms with Crippen molar-refractivity contribution in [3.05, 3.63) is 94.0 Å². The molecule has 0 unspecified atom stereocenters. The average molecular weight is 363 g/mol. The second-order valence-electron chi connectivity index (χ2n) is 6.16. The molecule has 3 aromatic rings. The van der Waals surface area contributed by atoms with Gasteiger partial charge >= 0.3 is 5.69 Å². The normalized spacial score (nSPS) is 10.4. The van der Waals surface area contributed by atoms with E-state index >= 15 is 0 Å². The number of aryl methyl sites for hydroxylation is 1. The van der Waals surface area contributed by atoms with Gasteiger partial charge in [-0.2, -0.15) is 0 Å². The highest BCUT2D eigenvalue weighted by molar-refractivity contribution is 5.52. The van der Waals surface area contributed by atoms with Crippen molar-refractivity contribution < 1.29 is 14.4 Å². The maximum atomic E-state index is 11.4. The van der Waals surface area contributed by atoms with Crippen molar-refractivity contribution in [1.82, 2.24) is 0 Å². The van der Waals surface area contributed by atoms with Crippen molar-refractivity contribution >= 4 is 5.69 Å². The molecule has 0 aromatic heterocycles. The maximum Gasteiger partial charge on any atom is 0.314 e. The van der Waals surface area contributed by atoms with Crippen LogP contribution in [0.15, 0.2) is 72.8 Å². The van der Waals surface area contributed by atoms with Gasteiger partial charge in [-0.3, -0.25) is 10.1 Å². The Balaban J connectivity index is 1.73. The molecule has 3 aromatic carbocycles. The molecule has 0 fully saturated rings. The molecule has 0 radical (unpaired) electrons. The van der Waals surface area contributed by atoms with E-state index in [0.717, 1.165) is 18.4 Å². The SMILES string of the molecule is CCCc1ccc(Oc2ccc(OCc3ccccc3)c([N+](=O)[O-])c2)cc1. The molecule has 0 saturated heterocycles. The number of rotatable bonds is 8. The van der Waals surface area contributed by atoms with Crippen LogP contribution in [0.3, 0.4) is 0 Å². The summed E-state index contributed by atoms with van der Waals surface area (Å²) in [6, 6.07) is 21.9. The van der Waals surface area contributed by atoms with Crippen molar-refractivity contribution in [3.8, 4) is 17.2 Å². The van der Waals surface area contributed by atoms with E-state index < -0.39 is 4.92 Å². The molecule has 0 spiro atoms. The van der Waals surface area contributed by atoms with Gasteiger partial charge in [0.05, 0.1) is 11.0 Å². The van der Waals surface area contributed by atoms with Crippen molar-refractivity contribution in [2.45, 2.75) is 26.4 Å². The molecule has 5 nitrogen and oxygen atoms in total. The first-order chi connectivity index (χ1) is 13.2. The standard InChI is InChI=1S/C22H21NO4/c1-2-6-17-9-11-19(12-10-17)27-20-13-14-22(21(15-20)23(24)25)26-16-18-7-4-3-5-8-18/h3-5,7-15H,2,6,16H2,1H3. The van der Waals surface area contributed by atoms with Gasteiger partial charge in [-0.25, -0.2) is 0 Å². The lowest BCUT2D eigenvalue weighted by atomic mass is 10.1. The lowest BCUT2D eigenvalue weighted by Crippen LogP contribution is -1.99. The Hall–Kier alpha value is -3.34. The van der Waals surface area contributed by atoms with Gasteiger partial charge in [0.25, 0.3) is 0 Å². The average Bonchev–Trinajstić information content (AvgIpc) is 2.69. The zero-order chi connectivity index (χ0) is 19.1. The van der Waals surface area contributed by atoms with Gasteiger partial charge in [0, 0.05) is 0 Å². The van der Waals surface area contributed by atoms with Gasteiger partial charge in [0.15, 0.2) is 5.75 Å². The van der Waals surface area contributed by atoms with Crippen LogP contribution in [0, 0.1) is 10.1 Å². The van der Waals surface area contributed by atoms with Crippen molar-refractivity contribution in [2.75, 3.05) is 0 Å². The molecule has 27 heavy (non-hydrogen) atoms. The summed E-state index contributed by atoms with van der Waals surface area (Å²) in [5.74, 6) is 1.26. The third-order valence-corrected chi connectivity index (χ3v) is 4.06. The first-order valence-electron chi connectivity index (χ1n) is 8.87. The summed E-state index contributed by atoms with van der Waals surface area (Å²) in [7, 11) is 0. The quantitative estimate of drug-likeness (QED) is 0.368. The monoisotopic (exact) mass is 363 g/mol. The number of benzene rings is 3. The number of hydrogen-bond donors (Lipinski definition) is 0. The summed E-state index contributed by atoms with van der Waals surface area (Å²) < 4.78 is 11.4. The fourth-order valence-corrected chi connectivity index (χ4v) is 2.71. The number of hydrogen-bond acceptors (Lipinski definition) is 4. The zero-order valence-electron chi connectivity index (χ0n) is 15.1. The molecule has 3 rings (SSSR count). The summed E-state index contributed by atoms with van der Waals surface area (Å²) in [4.78, 5) is 11.0. The van der Waals surface area contributed by atoms with Crippen LogP contribution >= 0.6 is 0 Å². The fraction of sp³-hybridized carbons (Fsp3) is 0.182. The van der Waals surface area contributed by atoms with Crippen molar-refractivity contribution in [3.63, 3.8) is 0 Å². The van der Waals surface area contributed by atoms with Crippen LogP contribution in [0.4, 0.5) is 5.69 Å². The van der Waals surface area contributed by atoms with E-state index in [1.807, 2.05) is 54.6 Å². The summed E-state index contributed by atoms with van der Waals surface area (Å²) in [5.41, 5.74) is 2.06. The van der Waals surface area contributed by atoms with Crippen molar-refractivity contribution in [1.29, 1.82) is 0 Å². The highest BCUT2D eigenvalue weighted by Gasteiger charge is 2.17. The second-order valence-corrected chi connectivity index (χ2v) is 6.16. The highest BCUT2D eigenvalue weighted by Crippen LogP contribution is 2.33. The molecule has 5 heteroatoms. The number of nitro groups is 1. The molecule has 0 N–H and O–H groups in total. The van der Waals surface area contributed by atoms with E-state index in [2.05, 4.69) is 6.92 Å². The minimum absolute atomic E-state index is 0.119. The number of nitro benzene ring substituents is 1. The van der Waals surface area contributed by atoms with Crippen LogP contribution in [0.2, 0.25) is 0 Å². The maximum absolute atomic E-state index is 11.4. The van der Waals surface area contributed by atoms with Gasteiger partial charge in [-0.15, -0.1) is 0 Å². The zero-order valence-corrected chi connectivity index (χ0v) is 15.1. The topological polar surface area (TPSA) is 61.6 Å². The minimum atomic E-state index is -0.461. The van der Waals surface area contributed by atoms with E-state index in [-0.39, 0.29) is 18.0 Å². The van der Waals surface area contributed by atoms with Crippen LogP contribution in [0.1, 0.15) is 24.5 Å². The Bertz CT molecular complexity index is 892. The Labute approximate surface area is 158 Å². The summed E-state index contributed by atoms with van der Waals surface area (Å²) in [5, 5.41) is 11.4. The summed E-state index contributed by atoms with van der Waals surface area (Å²) >= 11 is 0. The molecule has 138 valence electrons. The Morgan fingerprint density at radius 3 is 2.26 bits per heavy atom. The molecule has 0 bridgehead atoms. The highest BCUT2D eigenvalue weighted by atomic mass is 16.6. The Morgan fingerprint density at radius 2 is 1.59 bits per heavy atom. The van der Waals surface area contributed by atoms with Crippen LogP contribution in [0.25, 0.3) is 0 Å². The van der Waals surface area contributed by atoms with E-state index in [1.165, 1.54) is 11.6 Å². The predicted octanol–water partition coefficient (Wildman–Crippen LogP) is 5.92. The van der Waals surface area contributed by atoms with Gasteiger partial charge in [0.1, 0.15) is 18.1 Å². The second kappa shape index (κ2) is 8.85. The first-order valence-corrected chi connectivity index (χ1v) is 8.87. The molecule has 0 aliphatic heterocycles. The molecule has 0 heterocycles. The lowest BCUT2D eigenvalue weighted by molar-refractivity contribution is -0.386. The molecule has 0 aliphatic carbocycles. The van der Waals surface area contributed by atoms with Gasteiger partial charge in [0.2, 0.25) is 0 Å². The van der Waals surface area contributed by atoms with E-state index in [9.17, 15) is 10.1 Å². The van der Waals surface area contributed by atoms with Gasteiger partial charge in [-0.05, 0) is 41.8 Å². The Morgan fingerprint density at radius 1 is 0.889 bits per heavy atom. The van der Waals surface area contributed by atoms with E-state index in [0.29, 0.717) is 11.5 Å². The summed E-state index contributed by atoms with van der Waals surface area (Å²) in [6.45, 7) is 2.39. The molecule has 0 saturated carbocycles. The van der Waals surface area contributed by atoms with E-state index in [4.69, 9.17) is 9.47 Å². The third-order valence-electron chi connectivity index (χ3n) is 4.06. The van der Waals surface area contributed by atoms with E-state index in [1.54, 1.807) is 12.1 Å². The Kier molecular flexibility index (Phi) is 6.05. The van der Waals surface area contributed by atoms with Gasteiger partial charge in [-0.1, -0.05) is 55.8 Å². The third kappa shape index (κ3) is 5.07. The predicted molar refractivity (Wildman–Crippen MR) is 104 cm³/mol. The van der Waals surface area contributed by atoms with Crippen LogP contribution < -0.4 is 9.47 Å². The van der Waals surface area contributed by atoms with Crippen LogP contribution in [-0.4, -0.2) is 4.92 Å². The molecular formula is C22H21NO4. The molecule has 0 atom stereocenters. The lowest BCUT2D eigenvalue weighted by Gasteiger charge is -2.10. The minimum Gasteiger partial charge on any atom is -0.482 e. The fourth-order valence-electron chi connectivity index (χ4n) is 2.71. The number of ether oxygens (including phenoxy) is 2. The number of nitrogens with zero attached hydrogens (tertiary/aromatic N) is 1. The van der Waals surface area contributed by atoms with Crippen molar-refractivity contribution in [2.24, 2.45) is 0 Å². The smallest absolute Gasteiger partial charge is 0.314 e. The summed E-state index contributed by atoms with van der Waals surface area (Å²) in [6.07, 6.45) is 2.09.